The van der Waals surface area contributed by atoms with Crippen molar-refractivity contribution >= 4 is 6.03 Å². The Bertz CT molecular complexity index is 722. The molecule has 0 fully saturated rings. The van der Waals surface area contributed by atoms with Crippen molar-refractivity contribution in [1.29, 1.82) is 0 Å². The third-order valence-electron chi connectivity index (χ3n) is 4.91. The molecule has 0 bridgehead atoms. The van der Waals surface area contributed by atoms with E-state index in [-0.39, 0.29) is 12.1 Å². The van der Waals surface area contributed by atoms with Gasteiger partial charge in [0.15, 0.2) is 0 Å². The van der Waals surface area contributed by atoms with Crippen LogP contribution in [0.4, 0.5) is 4.79 Å². The van der Waals surface area contributed by atoms with E-state index < -0.39 is 0 Å². The molecule has 3 rings (SSSR count). The molecule has 0 saturated heterocycles. The Morgan fingerprint density at radius 2 is 1.92 bits per heavy atom. The molecule has 1 heterocycles. The van der Waals surface area contributed by atoms with Crippen molar-refractivity contribution in [2.45, 2.75) is 45.3 Å². The maximum atomic E-state index is 12.7. The number of amides is 2. The van der Waals surface area contributed by atoms with Crippen LogP contribution in [0.1, 0.15) is 35.7 Å². The van der Waals surface area contributed by atoms with Gasteiger partial charge in [-0.2, -0.15) is 5.10 Å². The van der Waals surface area contributed by atoms with Gasteiger partial charge < -0.3 is 15.1 Å². The summed E-state index contributed by atoms with van der Waals surface area (Å²) in [5, 5.41) is 10.3. The summed E-state index contributed by atoms with van der Waals surface area (Å²) in [5.41, 5.74) is 4.87. The van der Waals surface area contributed by atoms with Crippen LogP contribution in [0.15, 0.2) is 30.5 Å². The molecule has 1 atom stereocenters. The first kappa shape index (κ1) is 18.5. The van der Waals surface area contributed by atoms with Crippen LogP contribution in [0.25, 0.3) is 0 Å². The molecule has 26 heavy (non-hydrogen) atoms. The van der Waals surface area contributed by atoms with Crippen LogP contribution in [0.3, 0.4) is 0 Å². The van der Waals surface area contributed by atoms with Crippen molar-refractivity contribution in [3.8, 4) is 0 Å². The van der Waals surface area contributed by atoms with Gasteiger partial charge in [-0.1, -0.05) is 24.3 Å². The van der Waals surface area contributed by atoms with Crippen LogP contribution in [-0.4, -0.2) is 52.7 Å². The van der Waals surface area contributed by atoms with E-state index in [4.69, 9.17) is 0 Å². The third-order valence-corrected chi connectivity index (χ3v) is 4.91. The number of carbonyl (C=O) groups is 1. The molecule has 1 unspecified atom stereocenters. The molecule has 2 amide bonds. The van der Waals surface area contributed by atoms with Crippen molar-refractivity contribution in [3.05, 3.63) is 52.8 Å². The number of urea groups is 1. The second-order valence-corrected chi connectivity index (χ2v) is 7.33. The summed E-state index contributed by atoms with van der Waals surface area (Å²) in [7, 11) is 4.13. The number of nitrogens with zero attached hydrogens (tertiary/aromatic N) is 3. The normalized spacial score (nSPS) is 16.4. The van der Waals surface area contributed by atoms with Gasteiger partial charge in [-0.15, -0.1) is 0 Å². The molecule has 1 aromatic heterocycles. The van der Waals surface area contributed by atoms with Crippen molar-refractivity contribution in [2.75, 3.05) is 20.6 Å². The van der Waals surface area contributed by atoms with Gasteiger partial charge in [-0.25, -0.2) is 4.79 Å². The van der Waals surface area contributed by atoms with Gasteiger partial charge in [0, 0.05) is 31.4 Å². The number of carbonyl (C=O) groups excluding carboxylic acids is 1. The van der Waals surface area contributed by atoms with E-state index in [1.165, 1.54) is 16.8 Å². The summed E-state index contributed by atoms with van der Waals surface area (Å²) >= 11 is 0. The first-order valence-electron chi connectivity index (χ1n) is 9.34. The zero-order valence-corrected chi connectivity index (χ0v) is 16.0. The molecule has 1 aromatic carbocycles. The van der Waals surface area contributed by atoms with Gasteiger partial charge in [0.2, 0.25) is 0 Å². The number of aryl methyl sites for hydroxylation is 1. The second-order valence-electron chi connectivity index (χ2n) is 7.33. The molecule has 0 radical (unpaired) electrons. The van der Waals surface area contributed by atoms with E-state index in [0.29, 0.717) is 13.1 Å². The predicted molar refractivity (Wildman–Crippen MR) is 103 cm³/mol. The molecule has 0 spiro atoms. The molecule has 0 saturated carbocycles. The Morgan fingerprint density at radius 3 is 2.58 bits per heavy atom. The van der Waals surface area contributed by atoms with E-state index in [2.05, 4.69) is 58.8 Å². The van der Waals surface area contributed by atoms with Gasteiger partial charge in [0.1, 0.15) is 0 Å². The highest BCUT2D eigenvalue weighted by Gasteiger charge is 2.23. The molecule has 1 aliphatic rings. The highest BCUT2D eigenvalue weighted by Crippen LogP contribution is 2.19. The van der Waals surface area contributed by atoms with Crippen LogP contribution in [-0.2, 0) is 25.9 Å². The fourth-order valence-corrected chi connectivity index (χ4v) is 3.47. The smallest absolute Gasteiger partial charge is 0.317 e. The fourth-order valence-electron chi connectivity index (χ4n) is 3.47. The van der Waals surface area contributed by atoms with Crippen LogP contribution >= 0.6 is 0 Å². The molecule has 2 aromatic rings. The zero-order valence-electron chi connectivity index (χ0n) is 16.0. The average Bonchev–Trinajstić information content (AvgIpc) is 3.08. The maximum absolute atomic E-state index is 12.7. The first-order chi connectivity index (χ1) is 12.5. The molecular weight excluding hydrogens is 326 g/mol. The van der Waals surface area contributed by atoms with Crippen molar-refractivity contribution < 1.29 is 4.79 Å². The highest BCUT2D eigenvalue weighted by atomic mass is 16.2. The summed E-state index contributed by atoms with van der Waals surface area (Å²) in [6, 6.07) is 8.72. The maximum Gasteiger partial charge on any atom is 0.317 e. The van der Waals surface area contributed by atoms with Gasteiger partial charge in [-0.05, 0) is 57.0 Å². The molecule has 2 N–H and O–H groups in total. The second kappa shape index (κ2) is 8.36. The summed E-state index contributed by atoms with van der Waals surface area (Å²) in [4.78, 5) is 16.7. The summed E-state index contributed by atoms with van der Waals surface area (Å²) < 4.78 is 0. The van der Waals surface area contributed by atoms with Gasteiger partial charge in [0.25, 0.3) is 0 Å². The summed E-state index contributed by atoms with van der Waals surface area (Å²) in [6.45, 7) is 4.27. The molecule has 140 valence electrons. The third kappa shape index (κ3) is 4.64. The monoisotopic (exact) mass is 355 g/mol. The van der Waals surface area contributed by atoms with Crippen LogP contribution in [0.5, 0.6) is 0 Å². The largest absolute Gasteiger partial charge is 0.335 e. The number of H-pyrrole nitrogens is 1. The number of aromatic amines is 1. The minimum absolute atomic E-state index is 0.0156. The Hall–Kier alpha value is -2.34. The molecule has 0 aliphatic heterocycles. The average molecular weight is 355 g/mol. The standard InChI is InChI=1S/C20H29N5O/c1-4-25(14-16-7-5-15(6-8-16)13-24(2)3)20(26)22-18-9-10-19-17(11-18)12-21-23-19/h5-8,12,18H,4,9-11,13-14H2,1-3H3,(H,21,23)(H,22,26). The Balaban J connectivity index is 1.55. The van der Waals surface area contributed by atoms with Crippen molar-refractivity contribution in [2.24, 2.45) is 0 Å². The van der Waals surface area contributed by atoms with E-state index in [1.54, 1.807) is 0 Å². The fraction of sp³-hybridized carbons (Fsp3) is 0.500. The topological polar surface area (TPSA) is 64.3 Å². The van der Waals surface area contributed by atoms with E-state index in [1.807, 2.05) is 18.0 Å². The lowest BCUT2D eigenvalue weighted by Gasteiger charge is -2.27. The lowest BCUT2D eigenvalue weighted by Crippen LogP contribution is -2.46. The lowest BCUT2D eigenvalue weighted by atomic mass is 9.94. The molecule has 6 nitrogen and oxygen atoms in total. The number of benzene rings is 1. The Kier molecular flexibility index (Phi) is 5.93. The molecule has 1 aliphatic carbocycles. The number of aromatic nitrogens is 2. The number of hydrogen-bond donors (Lipinski definition) is 2. The Morgan fingerprint density at radius 1 is 1.23 bits per heavy atom. The summed E-state index contributed by atoms with van der Waals surface area (Å²) in [6.07, 6.45) is 4.63. The Labute approximate surface area is 155 Å². The highest BCUT2D eigenvalue weighted by molar-refractivity contribution is 5.74. The molecular formula is C20H29N5O. The van der Waals surface area contributed by atoms with Gasteiger partial charge in [0.05, 0.1) is 6.20 Å². The van der Waals surface area contributed by atoms with E-state index in [9.17, 15) is 4.79 Å². The minimum atomic E-state index is 0.0156. The van der Waals surface area contributed by atoms with E-state index in [0.717, 1.165) is 31.4 Å². The zero-order chi connectivity index (χ0) is 18.5. The first-order valence-corrected chi connectivity index (χ1v) is 9.34. The van der Waals surface area contributed by atoms with Crippen LogP contribution in [0, 0.1) is 0 Å². The minimum Gasteiger partial charge on any atom is -0.335 e. The van der Waals surface area contributed by atoms with E-state index >= 15 is 0 Å². The lowest BCUT2D eigenvalue weighted by molar-refractivity contribution is 0.192. The van der Waals surface area contributed by atoms with Gasteiger partial charge >= 0.3 is 6.03 Å². The SMILES string of the molecule is CCN(Cc1ccc(CN(C)C)cc1)C(=O)NC1CCc2[nH]ncc2C1. The van der Waals surface area contributed by atoms with Crippen molar-refractivity contribution in [1.82, 2.24) is 25.3 Å². The van der Waals surface area contributed by atoms with Crippen molar-refractivity contribution in [3.63, 3.8) is 0 Å². The number of rotatable bonds is 6. The number of hydrogen-bond acceptors (Lipinski definition) is 3. The molecule has 6 heteroatoms. The number of nitrogens with one attached hydrogen (secondary N) is 2. The predicted octanol–water partition coefficient (Wildman–Crippen LogP) is 2.56. The summed E-state index contributed by atoms with van der Waals surface area (Å²) in [5.74, 6) is 0. The number of fused-ring (bicyclic) bond motifs is 1. The van der Waals surface area contributed by atoms with Crippen LogP contribution < -0.4 is 5.32 Å². The van der Waals surface area contributed by atoms with Gasteiger partial charge in [-0.3, -0.25) is 5.10 Å². The quantitative estimate of drug-likeness (QED) is 0.837. The van der Waals surface area contributed by atoms with Crippen LogP contribution in [0.2, 0.25) is 0 Å².